The van der Waals surface area contributed by atoms with Crippen LogP contribution < -0.4 is 0 Å². The minimum Gasteiger partial charge on any atom is -0.481 e. The van der Waals surface area contributed by atoms with Crippen LogP contribution in [-0.2, 0) is 14.9 Å². The summed E-state index contributed by atoms with van der Waals surface area (Å²) in [6.45, 7) is 1.82. The molecule has 0 radical (unpaired) electrons. The van der Waals surface area contributed by atoms with Crippen molar-refractivity contribution in [2.75, 3.05) is 13.7 Å². The Morgan fingerprint density at radius 3 is 2.82 bits per heavy atom. The lowest BCUT2D eigenvalue weighted by molar-refractivity contribution is -0.145. The van der Waals surface area contributed by atoms with Crippen molar-refractivity contribution in [3.05, 3.63) is 36.0 Å². The molecule has 0 amide bonds. The Kier molecular flexibility index (Phi) is 2.90. The molecule has 2 rings (SSSR count). The molecule has 0 aliphatic rings. The van der Waals surface area contributed by atoms with Gasteiger partial charge in [-0.2, -0.15) is 0 Å². The van der Waals surface area contributed by atoms with Crippen molar-refractivity contribution < 1.29 is 14.6 Å². The van der Waals surface area contributed by atoms with E-state index in [1.54, 1.807) is 13.1 Å². The van der Waals surface area contributed by atoms with Gasteiger partial charge in [-0.3, -0.25) is 4.79 Å². The summed E-state index contributed by atoms with van der Waals surface area (Å²) in [6, 6.07) is 7.65. The number of aromatic nitrogens is 1. The minimum absolute atomic E-state index is 0.143. The van der Waals surface area contributed by atoms with Gasteiger partial charge in [0.25, 0.3) is 0 Å². The molecular formula is C13H15NO3. The van der Waals surface area contributed by atoms with Crippen molar-refractivity contribution in [1.82, 2.24) is 4.98 Å². The summed E-state index contributed by atoms with van der Waals surface area (Å²) in [5, 5.41) is 10.3. The van der Waals surface area contributed by atoms with Crippen LogP contribution in [0.5, 0.6) is 0 Å². The second-order valence-corrected chi connectivity index (χ2v) is 4.32. The average Bonchev–Trinajstić information content (AvgIpc) is 2.73. The normalized spacial score (nSPS) is 14.7. The van der Waals surface area contributed by atoms with Crippen LogP contribution in [0.2, 0.25) is 0 Å². The van der Waals surface area contributed by atoms with E-state index in [0.717, 1.165) is 16.5 Å². The number of aromatic amines is 1. The number of rotatable bonds is 4. The van der Waals surface area contributed by atoms with Gasteiger partial charge in [-0.1, -0.05) is 18.2 Å². The Labute approximate surface area is 99.2 Å². The molecular weight excluding hydrogens is 218 g/mol. The number of methoxy groups -OCH3 is 1. The van der Waals surface area contributed by atoms with Gasteiger partial charge in [0.15, 0.2) is 0 Å². The number of carboxylic acids is 1. The highest BCUT2D eigenvalue weighted by Crippen LogP contribution is 2.31. The number of hydrogen-bond donors (Lipinski definition) is 2. The topological polar surface area (TPSA) is 62.3 Å². The summed E-state index contributed by atoms with van der Waals surface area (Å²) >= 11 is 0. The average molecular weight is 233 g/mol. The summed E-state index contributed by atoms with van der Waals surface area (Å²) in [5.41, 5.74) is 0.655. The zero-order valence-electron chi connectivity index (χ0n) is 9.86. The van der Waals surface area contributed by atoms with Crippen molar-refractivity contribution in [1.29, 1.82) is 0 Å². The first kappa shape index (κ1) is 11.7. The number of aliphatic carboxylic acids is 1. The lowest BCUT2D eigenvalue weighted by atomic mass is 9.83. The fourth-order valence-corrected chi connectivity index (χ4v) is 2.07. The Balaban J connectivity index is 2.60. The molecule has 0 aliphatic heterocycles. The van der Waals surface area contributed by atoms with E-state index in [9.17, 15) is 9.90 Å². The second kappa shape index (κ2) is 4.22. The summed E-state index contributed by atoms with van der Waals surface area (Å²) < 4.78 is 5.05. The molecule has 1 heterocycles. The van der Waals surface area contributed by atoms with Gasteiger partial charge in [-0.15, -0.1) is 0 Å². The Morgan fingerprint density at radius 1 is 1.47 bits per heavy atom. The zero-order valence-corrected chi connectivity index (χ0v) is 9.86. The highest BCUT2D eigenvalue weighted by Gasteiger charge is 2.37. The largest absolute Gasteiger partial charge is 0.481 e. The molecule has 0 spiro atoms. The third-order valence-corrected chi connectivity index (χ3v) is 3.09. The van der Waals surface area contributed by atoms with E-state index in [0.29, 0.717) is 0 Å². The van der Waals surface area contributed by atoms with E-state index in [-0.39, 0.29) is 6.61 Å². The summed E-state index contributed by atoms with van der Waals surface area (Å²) in [5.74, 6) is -0.885. The quantitative estimate of drug-likeness (QED) is 0.850. The van der Waals surface area contributed by atoms with Crippen molar-refractivity contribution in [2.24, 2.45) is 0 Å². The Morgan fingerprint density at radius 2 is 2.18 bits per heavy atom. The van der Waals surface area contributed by atoms with Crippen LogP contribution in [0, 0.1) is 0 Å². The maximum atomic E-state index is 11.5. The molecule has 4 nitrogen and oxygen atoms in total. The number of nitrogens with one attached hydrogen (secondary N) is 1. The smallest absolute Gasteiger partial charge is 0.316 e. The van der Waals surface area contributed by atoms with E-state index >= 15 is 0 Å². The third-order valence-electron chi connectivity index (χ3n) is 3.09. The van der Waals surface area contributed by atoms with Gasteiger partial charge in [0.05, 0.1) is 6.61 Å². The van der Waals surface area contributed by atoms with Crippen LogP contribution in [0.4, 0.5) is 0 Å². The zero-order chi connectivity index (χ0) is 12.5. The summed E-state index contributed by atoms with van der Waals surface area (Å²) in [6.07, 6.45) is 1.75. The van der Waals surface area contributed by atoms with Gasteiger partial charge in [0.1, 0.15) is 5.41 Å². The molecule has 0 saturated carbocycles. The van der Waals surface area contributed by atoms with Gasteiger partial charge in [-0.05, 0) is 18.6 Å². The number of ether oxygens (including phenoxy) is 1. The van der Waals surface area contributed by atoms with E-state index in [1.807, 2.05) is 24.3 Å². The number of carboxylic acid groups (broad SMARTS) is 1. The molecule has 1 atom stereocenters. The van der Waals surface area contributed by atoms with Gasteiger partial charge >= 0.3 is 5.97 Å². The first-order chi connectivity index (χ1) is 8.09. The Bertz CT molecular complexity index is 546. The van der Waals surface area contributed by atoms with Crippen LogP contribution in [0.1, 0.15) is 12.5 Å². The predicted octanol–water partition coefficient (Wildman–Crippen LogP) is 2.16. The van der Waals surface area contributed by atoms with Crippen LogP contribution in [-0.4, -0.2) is 29.8 Å². The van der Waals surface area contributed by atoms with Crippen LogP contribution >= 0.6 is 0 Å². The van der Waals surface area contributed by atoms with E-state index in [2.05, 4.69) is 4.98 Å². The fourth-order valence-electron chi connectivity index (χ4n) is 2.07. The van der Waals surface area contributed by atoms with E-state index in [4.69, 9.17) is 4.74 Å². The van der Waals surface area contributed by atoms with E-state index < -0.39 is 11.4 Å². The Hall–Kier alpha value is -1.81. The minimum atomic E-state index is -1.03. The maximum Gasteiger partial charge on any atom is 0.316 e. The first-order valence-electron chi connectivity index (χ1n) is 5.38. The molecule has 1 unspecified atom stereocenters. The van der Waals surface area contributed by atoms with Crippen LogP contribution in [0.15, 0.2) is 30.5 Å². The molecule has 1 aromatic carbocycles. The maximum absolute atomic E-state index is 11.5. The van der Waals surface area contributed by atoms with Crippen molar-refractivity contribution in [2.45, 2.75) is 12.3 Å². The third kappa shape index (κ3) is 1.80. The van der Waals surface area contributed by atoms with Crippen LogP contribution in [0.3, 0.4) is 0 Å². The molecule has 0 fully saturated rings. The first-order valence-corrected chi connectivity index (χ1v) is 5.38. The van der Waals surface area contributed by atoms with Gasteiger partial charge in [-0.25, -0.2) is 0 Å². The van der Waals surface area contributed by atoms with Gasteiger partial charge in [0.2, 0.25) is 0 Å². The number of para-hydroxylation sites is 1. The lowest BCUT2D eigenvalue weighted by Crippen LogP contribution is -2.36. The molecule has 1 aromatic heterocycles. The molecule has 0 bridgehead atoms. The molecule has 2 aromatic rings. The number of carbonyl (C=O) groups is 1. The number of benzene rings is 1. The highest BCUT2D eigenvalue weighted by molar-refractivity contribution is 5.91. The summed E-state index contributed by atoms with van der Waals surface area (Å²) in [4.78, 5) is 14.5. The molecule has 0 saturated heterocycles. The number of H-pyrrole nitrogens is 1. The highest BCUT2D eigenvalue weighted by atomic mass is 16.5. The van der Waals surface area contributed by atoms with Crippen molar-refractivity contribution >= 4 is 16.9 Å². The summed E-state index contributed by atoms with van der Waals surface area (Å²) in [7, 11) is 1.51. The van der Waals surface area contributed by atoms with E-state index in [1.165, 1.54) is 7.11 Å². The van der Waals surface area contributed by atoms with Gasteiger partial charge < -0.3 is 14.8 Å². The number of hydrogen-bond acceptors (Lipinski definition) is 2. The number of fused-ring (bicyclic) bond motifs is 1. The lowest BCUT2D eigenvalue weighted by Gasteiger charge is -2.23. The molecule has 90 valence electrons. The molecule has 4 heteroatoms. The van der Waals surface area contributed by atoms with Gasteiger partial charge in [0, 0.05) is 24.2 Å². The molecule has 0 aliphatic carbocycles. The predicted molar refractivity (Wildman–Crippen MR) is 65.2 cm³/mol. The molecule has 17 heavy (non-hydrogen) atoms. The van der Waals surface area contributed by atoms with Crippen LogP contribution in [0.25, 0.3) is 10.9 Å². The SMILES string of the molecule is COCC(C)(C(=O)O)c1c[nH]c2ccccc12. The van der Waals surface area contributed by atoms with Crippen molar-refractivity contribution in [3.8, 4) is 0 Å². The molecule has 2 N–H and O–H groups in total. The second-order valence-electron chi connectivity index (χ2n) is 4.32. The monoisotopic (exact) mass is 233 g/mol. The van der Waals surface area contributed by atoms with Crippen molar-refractivity contribution in [3.63, 3.8) is 0 Å². The standard InChI is InChI=1S/C13H15NO3/c1-13(8-17-2,12(15)16)10-7-14-11-6-4-3-5-9(10)11/h3-7,14H,8H2,1-2H3,(H,15,16). The fraction of sp³-hybridized carbons (Fsp3) is 0.308.